The van der Waals surface area contributed by atoms with E-state index < -0.39 is 6.10 Å². The highest BCUT2D eigenvalue weighted by Gasteiger charge is 2.17. The molecule has 100 valence electrons. The van der Waals surface area contributed by atoms with Gasteiger partial charge >= 0.3 is 0 Å². The third-order valence-corrected chi connectivity index (χ3v) is 3.73. The van der Waals surface area contributed by atoms with Gasteiger partial charge < -0.3 is 5.11 Å². The van der Waals surface area contributed by atoms with Gasteiger partial charge in [-0.2, -0.15) is 0 Å². The molecular formula is C18H22O. The van der Waals surface area contributed by atoms with Crippen LogP contribution in [0.3, 0.4) is 0 Å². The van der Waals surface area contributed by atoms with Gasteiger partial charge in [0, 0.05) is 0 Å². The van der Waals surface area contributed by atoms with Crippen LogP contribution >= 0.6 is 0 Å². The van der Waals surface area contributed by atoms with Crippen LogP contribution in [0.25, 0.3) is 0 Å². The molecule has 0 aliphatic heterocycles. The molecule has 19 heavy (non-hydrogen) atoms. The maximum absolute atomic E-state index is 10.4. The van der Waals surface area contributed by atoms with Gasteiger partial charge in [0.2, 0.25) is 0 Å². The molecule has 0 bridgehead atoms. The summed E-state index contributed by atoms with van der Waals surface area (Å²) < 4.78 is 0. The van der Waals surface area contributed by atoms with Crippen LogP contribution in [0.1, 0.15) is 35.3 Å². The molecule has 0 radical (unpaired) electrons. The summed E-state index contributed by atoms with van der Waals surface area (Å²) in [5, 5.41) is 10.4. The normalized spacial score (nSPS) is 14.1. The zero-order valence-corrected chi connectivity index (χ0v) is 11.9. The first-order valence-corrected chi connectivity index (χ1v) is 6.87. The summed E-state index contributed by atoms with van der Waals surface area (Å²) in [7, 11) is 0. The van der Waals surface area contributed by atoms with Gasteiger partial charge in [-0.15, -0.1) is 0 Å². The molecule has 0 spiro atoms. The summed E-state index contributed by atoms with van der Waals surface area (Å²) in [4.78, 5) is 0. The molecule has 0 aliphatic rings. The van der Waals surface area contributed by atoms with E-state index in [-0.39, 0.29) is 5.92 Å². The van der Waals surface area contributed by atoms with Crippen LogP contribution < -0.4 is 0 Å². The lowest BCUT2D eigenvalue weighted by molar-refractivity contribution is 0.117. The van der Waals surface area contributed by atoms with Crippen LogP contribution in [-0.4, -0.2) is 5.11 Å². The van der Waals surface area contributed by atoms with Crippen molar-refractivity contribution >= 4 is 0 Å². The lowest BCUT2D eigenvalue weighted by Crippen LogP contribution is -2.12. The highest BCUT2D eigenvalue weighted by Crippen LogP contribution is 2.26. The molecule has 1 nitrogen and oxygen atoms in total. The van der Waals surface area contributed by atoms with E-state index in [1.54, 1.807) is 0 Å². The molecule has 0 aliphatic carbocycles. The van der Waals surface area contributed by atoms with Gasteiger partial charge in [-0.1, -0.05) is 61.0 Å². The van der Waals surface area contributed by atoms with Crippen LogP contribution in [0, 0.1) is 19.8 Å². The largest absolute Gasteiger partial charge is 0.388 e. The zero-order chi connectivity index (χ0) is 13.8. The van der Waals surface area contributed by atoms with Crippen molar-refractivity contribution in [3.63, 3.8) is 0 Å². The molecule has 0 amide bonds. The Bertz CT molecular complexity index is 531. The van der Waals surface area contributed by atoms with Gasteiger partial charge in [0.25, 0.3) is 0 Å². The predicted octanol–water partition coefficient (Wildman–Crippen LogP) is 4.22. The molecule has 0 fully saturated rings. The third-order valence-electron chi connectivity index (χ3n) is 3.73. The Hall–Kier alpha value is -1.60. The fourth-order valence-electron chi connectivity index (χ4n) is 2.46. The lowest BCUT2D eigenvalue weighted by Gasteiger charge is -2.20. The molecule has 2 rings (SSSR count). The summed E-state index contributed by atoms with van der Waals surface area (Å²) in [5.41, 5.74) is 4.92. The highest BCUT2D eigenvalue weighted by atomic mass is 16.3. The second-order valence-electron chi connectivity index (χ2n) is 5.47. The lowest BCUT2D eigenvalue weighted by atomic mass is 9.89. The first kappa shape index (κ1) is 13.8. The van der Waals surface area contributed by atoms with Crippen molar-refractivity contribution in [1.82, 2.24) is 0 Å². The maximum atomic E-state index is 10.4. The van der Waals surface area contributed by atoms with Gasteiger partial charge in [0.15, 0.2) is 0 Å². The molecule has 0 saturated carbocycles. The quantitative estimate of drug-likeness (QED) is 0.866. The van der Waals surface area contributed by atoms with Crippen LogP contribution in [0.5, 0.6) is 0 Å². The van der Waals surface area contributed by atoms with E-state index in [0.29, 0.717) is 0 Å². The van der Waals surface area contributed by atoms with E-state index in [1.807, 2.05) is 30.3 Å². The minimum atomic E-state index is -0.402. The van der Waals surface area contributed by atoms with E-state index >= 15 is 0 Å². The van der Waals surface area contributed by atoms with Crippen molar-refractivity contribution in [3.05, 3.63) is 70.8 Å². The number of aliphatic hydroxyl groups excluding tert-OH is 1. The molecule has 1 heteroatoms. The number of rotatable bonds is 4. The number of hydrogen-bond donors (Lipinski definition) is 1. The Balaban J connectivity index is 2.12. The summed E-state index contributed by atoms with van der Waals surface area (Å²) in [5.74, 6) is 0.211. The standard InChI is InChI=1S/C18H22O/c1-13-9-10-14(2)17(11-13)12-15(3)18(19)16-7-5-4-6-8-16/h4-11,15,18-19H,12H2,1-3H3. The SMILES string of the molecule is Cc1ccc(C)c(CC(C)C(O)c2ccccc2)c1. The van der Waals surface area contributed by atoms with Gasteiger partial charge in [-0.3, -0.25) is 0 Å². The molecule has 2 atom stereocenters. The molecular weight excluding hydrogens is 232 g/mol. The summed E-state index contributed by atoms with van der Waals surface area (Å²) in [6, 6.07) is 16.4. The van der Waals surface area contributed by atoms with Gasteiger partial charge in [-0.25, -0.2) is 0 Å². The van der Waals surface area contributed by atoms with E-state index in [2.05, 4.69) is 39.0 Å². The molecule has 1 N–H and O–H groups in total. The second kappa shape index (κ2) is 6.03. The zero-order valence-electron chi connectivity index (χ0n) is 11.9. The number of benzene rings is 2. The van der Waals surface area contributed by atoms with Crippen molar-refractivity contribution in [2.24, 2.45) is 5.92 Å². The molecule has 0 aromatic heterocycles. The third kappa shape index (κ3) is 3.45. The van der Waals surface area contributed by atoms with E-state index in [0.717, 1.165) is 12.0 Å². The van der Waals surface area contributed by atoms with E-state index in [4.69, 9.17) is 0 Å². The maximum Gasteiger partial charge on any atom is 0.0818 e. The number of hydrogen-bond acceptors (Lipinski definition) is 1. The van der Waals surface area contributed by atoms with Crippen molar-refractivity contribution in [1.29, 1.82) is 0 Å². The van der Waals surface area contributed by atoms with E-state index in [1.165, 1.54) is 16.7 Å². The van der Waals surface area contributed by atoms with Crippen molar-refractivity contribution in [2.75, 3.05) is 0 Å². The average Bonchev–Trinajstić information content (AvgIpc) is 2.43. The van der Waals surface area contributed by atoms with Gasteiger partial charge in [0.1, 0.15) is 0 Å². The minimum absolute atomic E-state index is 0.211. The first-order valence-electron chi connectivity index (χ1n) is 6.87. The van der Waals surface area contributed by atoms with Crippen LogP contribution in [0.4, 0.5) is 0 Å². The topological polar surface area (TPSA) is 20.2 Å². The second-order valence-corrected chi connectivity index (χ2v) is 5.47. The fourth-order valence-corrected chi connectivity index (χ4v) is 2.46. The van der Waals surface area contributed by atoms with Gasteiger partial charge in [-0.05, 0) is 42.9 Å². The number of aryl methyl sites for hydroxylation is 2. The Morgan fingerprint density at radius 3 is 2.37 bits per heavy atom. The molecule has 0 saturated heterocycles. The van der Waals surface area contributed by atoms with Crippen LogP contribution in [0.15, 0.2) is 48.5 Å². The van der Waals surface area contributed by atoms with Crippen molar-refractivity contribution < 1.29 is 5.11 Å². The number of aliphatic hydroxyl groups is 1. The monoisotopic (exact) mass is 254 g/mol. The Kier molecular flexibility index (Phi) is 4.39. The smallest absolute Gasteiger partial charge is 0.0818 e. The summed E-state index contributed by atoms with van der Waals surface area (Å²) in [6.07, 6.45) is 0.505. The summed E-state index contributed by atoms with van der Waals surface area (Å²) >= 11 is 0. The average molecular weight is 254 g/mol. The predicted molar refractivity (Wildman–Crippen MR) is 80.2 cm³/mol. The van der Waals surface area contributed by atoms with Crippen LogP contribution in [-0.2, 0) is 6.42 Å². The molecule has 2 aromatic carbocycles. The Morgan fingerprint density at radius 2 is 1.68 bits per heavy atom. The molecule has 2 unspecified atom stereocenters. The van der Waals surface area contributed by atoms with Crippen molar-refractivity contribution in [3.8, 4) is 0 Å². The Labute approximate surface area is 115 Å². The summed E-state index contributed by atoms with van der Waals surface area (Å²) in [6.45, 7) is 6.36. The Morgan fingerprint density at radius 1 is 1.00 bits per heavy atom. The minimum Gasteiger partial charge on any atom is -0.388 e. The van der Waals surface area contributed by atoms with Crippen LogP contribution in [0.2, 0.25) is 0 Å². The highest BCUT2D eigenvalue weighted by molar-refractivity contribution is 5.31. The van der Waals surface area contributed by atoms with Gasteiger partial charge in [0.05, 0.1) is 6.10 Å². The molecule has 2 aromatic rings. The first-order chi connectivity index (χ1) is 9.08. The fraction of sp³-hybridized carbons (Fsp3) is 0.333. The van der Waals surface area contributed by atoms with E-state index in [9.17, 15) is 5.11 Å². The molecule has 0 heterocycles. The van der Waals surface area contributed by atoms with Crippen molar-refractivity contribution in [2.45, 2.75) is 33.3 Å².